The predicted octanol–water partition coefficient (Wildman–Crippen LogP) is 4.59. The van der Waals surface area contributed by atoms with E-state index in [2.05, 4.69) is 5.32 Å². The molecule has 0 saturated carbocycles. The summed E-state index contributed by atoms with van der Waals surface area (Å²) in [5.74, 6) is 1.26. The highest BCUT2D eigenvalue weighted by Crippen LogP contribution is 2.26. The summed E-state index contributed by atoms with van der Waals surface area (Å²) < 4.78 is 11.3. The molecule has 1 aromatic heterocycles. The summed E-state index contributed by atoms with van der Waals surface area (Å²) in [6, 6.07) is 18.7. The highest BCUT2D eigenvalue weighted by molar-refractivity contribution is 7.80. The Morgan fingerprint density at radius 2 is 1.88 bits per heavy atom. The van der Waals surface area contributed by atoms with Gasteiger partial charge in [0.15, 0.2) is 5.11 Å². The van der Waals surface area contributed by atoms with Crippen molar-refractivity contribution in [3.63, 3.8) is 0 Å². The largest absolute Gasteiger partial charge is 0.486 e. The molecule has 1 fully saturated rings. The quantitative estimate of drug-likeness (QED) is 0.244. The number of furan rings is 1. The van der Waals surface area contributed by atoms with Crippen LogP contribution in [0.25, 0.3) is 6.08 Å². The van der Waals surface area contributed by atoms with Crippen molar-refractivity contribution < 1.29 is 18.9 Å². The lowest BCUT2D eigenvalue weighted by Crippen LogP contribution is -2.33. The molecule has 8 nitrogen and oxygen atoms in total. The van der Waals surface area contributed by atoms with Crippen molar-refractivity contribution in [1.29, 1.82) is 0 Å². The van der Waals surface area contributed by atoms with Gasteiger partial charge in [-0.3, -0.25) is 19.8 Å². The molecule has 1 atom stereocenters. The summed E-state index contributed by atoms with van der Waals surface area (Å²) >= 11 is 5.37. The zero-order valence-electron chi connectivity index (χ0n) is 17.1. The second-order valence-electron chi connectivity index (χ2n) is 7.09. The summed E-state index contributed by atoms with van der Waals surface area (Å²) in [4.78, 5) is 24.7. The monoisotopic (exact) mass is 449 g/mol. The number of non-ortho nitro benzene ring substituents is 1. The number of nitrogens with one attached hydrogen (secondary N) is 1. The standard InChI is InChI=1S/C23H19N3O5S/c1-15(16-5-3-2-4-6-16)25-22(27)21(24-23(25)32)13-19-11-12-20(31-19)14-30-18-9-7-17(8-10-18)26(28)29/h2-13,15H,14H2,1H3,(H,24,32)/b21-13-. The van der Waals surface area contributed by atoms with Crippen LogP contribution in [0.5, 0.6) is 5.75 Å². The van der Waals surface area contributed by atoms with E-state index < -0.39 is 4.92 Å². The number of thiocarbonyl (C=S) groups is 1. The number of nitro groups is 1. The van der Waals surface area contributed by atoms with Gasteiger partial charge in [-0.05, 0) is 49.0 Å². The van der Waals surface area contributed by atoms with Crippen molar-refractivity contribution in [2.45, 2.75) is 19.6 Å². The number of carbonyl (C=O) groups is 1. The van der Waals surface area contributed by atoms with Gasteiger partial charge in [0.2, 0.25) is 0 Å². The maximum absolute atomic E-state index is 12.9. The Kier molecular flexibility index (Phi) is 6.00. The number of rotatable bonds is 7. The summed E-state index contributed by atoms with van der Waals surface area (Å²) in [5.41, 5.74) is 1.30. The Hall–Kier alpha value is -3.98. The molecule has 1 aliphatic heterocycles. The van der Waals surface area contributed by atoms with Gasteiger partial charge in [-0.25, -0.2) is 0 Å². The van der Waals surface area contributed by atoms with Gasteiger partial charge in [0, 0.05) is 18.2 Å². The molecule has 4 rings (SSSR count). The first-order chi connectivity index (χ1) is 15.4. The van der Waals surface area contributed by atoms with Gasteiger partial charge in [0.1, 0.15) is 29.6 Å². The number of hydrogen-bond donors (Lipinski definition) is 1. The van der Waals surface area contributed by atoms with Gasteiger partial charge in [-0.15, -0.1) is 0 Å². The van der Waals surface area contributed by atoms with Crippen LogP contribution in [0.2, 0.25) is 0 Å². The molecule has 1 amide bonds. The van der Waals surface area contributed by atoms with Crippen molar-refractivity contribution in [3.8, 4) is 5.75 Å². The third kappa shape index (κ3) is 4.52. The molecule has 162 valence electrons. The first kappa shape index (κ1) is 21.3. The Balaban J connectivity index is 1.42. The van der Waals surface area contributed by atoms with Gasteiger partial charge in [-0.2, -0.15) is 0 Å². The van der Waals surface area contributed by atoms with Crippen molar-refractivity contribution >= 4 is 35.0 Å². The van der Waals surface area contributed by atoms with Crippen molar-refractivity contribution in [1.82, 2.24) is 10.2 Å². The fourth-order valence-electron chi connectivity index (χ4n) is 3.29. The topological polar surface area (TPSA) is 97.9 Å². The van der Waals surface area contributed by atoms with Crippen LogP contribution in [0, 0.1) is 10.1 Å². The van der Waals surface area contributed by atoms with E-state index in [9.17, 15) is 14.9 Å². The van der Waals surface area contributed by atoms with Crippen molar-refractivity contribution in [2.75, 3.05) is 0 Å². The Bertz CT molecular complexity index is 1190. The van der Waals surface area contributed by atoms with Gasteiger partial charge in [0.25, 0.3) is 11.6 Å². The summed E-state index contributed by atoms with van der Waals surface area (Å²) in [7, 11) is 0. The van der Waals surface area contributed by atoms with E-state index in [4.69, 9.17) is 21.4 Å². The molecule has 9 heteroatoms. The smallest absolute Gasteiger partial charge is 0.277 e. The van der Waals surface area contributed by atoms with Crippen LogP contribution in [-0.2, 0) is 11.4 Å². The van der Waals surface area contributed by atoms with Crippen LogP contribution in [0.15, 0.2) is 76.8 Å². The van der Waals surface area contributed by atoms with Gasteiger partial charge in [-0.1, -0.05) is 30.3 Å². The normalized spacial score (nSPS) is 15.7. The van der Waals surface area contributed by atoms with E-state index >= 15 is 0 Å². The highest BCUT2D eigenvalue weighted by atomic mass is 32.1. The number of amides is 1. The zero-order valence-corrected chi connectivity index (χ0v) is 17.9. The third-order valence-electron chi connectivity index (χ3n) is 4.98. The van der Waals surface area contributed by atoms with Gasteiger partial charge >= 0.3 is 0 Å². The minimum Gasteiger partial charge on any atom is -0.486 e. The van der Waals surface area contributed by atoms with E-state index in [-0.39, 0.29) is 24.2 Å². The molecule has 1 saturated heterocycles. The molecule has 1 N–H and O–H groups in total. The first-order valence-corrected chi connectivity index (χ1v) is 10.2. The molecule has 2 heterocycles. The molecule has 0 radical (unpaired) electrons. The molecule has 32 heavy (non-hydrogen) atoms. The first-order valence-electron chi connectivity index (χ1n) is 9.79. The summed E-state index contributed by atoms with van der Waals surface area (Å²) in [6.07, 6.45) is 1.60. The maximum atomic E-state index is 12.9. The molecular formula is C23H19N3O5S. The maximum Gasteiger partial charge on any atom is 0.277 e. The van der Waals surface area contributed by atoms with E-state index in [1.54, 1.807) is 18.2 Å². The predicted molar refractivity (Wildman–Crippen MR) is 122 cm³/mol. The molecule has 0 spiro atoms. The van der Waals surface area contributed by atoms with Crippen LogP contribution in [0.3, 0.4) is 0 Å². The van der Waals surface area contributed by atoms with E-state index in [0.717, 1.165) is 5.56 Å². The van der Waals surface area contributed by atoms with Gasteiger partial charge in [0.05, 0.1) is 11.0 Å². The SMILES string of the molecule is CC(c1ccccc1)N1C(=O)/C(=C/c2ccc(COc3ccc([N+](=O)[O-])cc3)o2)NC1=S. The summed E-state index contributed by atoms with van der Waals surface area (Å²) in [5, 5.41) is 14.0. The number of nitro benzene ring substituents is 1. The lowest BCUT2D eigenvalue weighted by atomic mass is 10.1. The Labute approximate surface area is 189 Å². The lowest BCUT2D eigenvalue weighted by Gasteiger charge is -2.23. The van der Waals surface area contributed by atoms with Crippen LogP contribution in [-0.4, -0.2) is 20.8 Å². The zero-order chi connectivity index (χ0) is 22.7. The minimum atomic E-state index is -0.470. The van der Waals surface area contributed by atoms with Crippen LogP contribution in [0.1, 0.15) is 30.0 Å². The van der Waals surface area contributed by atoms with Crippen molar-refractivity contribution in [2.24, 2.45) is 0 Å². The fraction of sp³-hybridized carbons (Fsp3) is 0.130. The molecule has 0 aliphatic carbocycles. The number of carbonyl (C=O) groups excluding carboxylic acids is 1. The molecule has 1 unspecified atom stereocenters. The average Bonchev–Trinajstić information content (AvgIpc) is 3.36. The molecule has 2 aromatic carbocycles. The second-order valence-corrected chi connectivity index (χ2v) is 7.48. The van der Waals surface area contributed by atoms with Gasteiger partial charge < -0.3 is 14.5 Å². The third-order valence-corrected chi connectivity index (χ3v) is 5.28. The molecule has 0 bridgehead atoms. The summed E-state index contributed by atoms with van der Waals surface area (Å²) in [6.45, 7) is 2.06. The number of hydrogen-bond acceptors (Lipinski definition) is 6. The molecular weight excluding hydrogens is 430 g/mol. The Morgan fingerprint density at radius 1 is 1.16 bits per heavy atom. The lowest BCUT2D eigenvalue weighted by molar-refractivity contribution is -0.384. The van der Waals surface area contributed by atoms with Crippen LogP contribution >= 0.6 is 12.2 Å². The highest BCUT2D eigenvalue weighted by Gasteiger charge is 2.35. The second kappa shape index (κ2) is 9.03. The van der Waals surface area contributed by atoms with E-state index in [0.29, 0.717) is 28.1 Å². The van der Waals surface area contributed by atoms with E-state index in [1.807, 2.05) is 37.3 Å². The van der Waals surface area contributed by atoms with Crippen LogP contribution in [0.4, 0.5) is 5.69 Å². The molecule has 3 aromatic rings. The minimum absolute atomic E-state index is 0.00784. The van der Waals surface area contributed by atoms with Crippen LogP contribution < -0.4 is 10.1 Å². The Morgan fingerprint density at radius 3 is 2.56 bits per heavy atom. The van der Waals surface area contributed by atoms with E-state index in [1.165, 1.54) is 29.2 Å². The number of ether oxygens (including phenoxy) is 1. The number of benzene rings is 2. The average molecular weight is 449 g/mol. The number of nitrogens with zero attached hydrogens (tertiary/aromatic N) is 2. The molecule has 1 aliphatic rings. The van der Waals surface area contributed by atoms with Crippen molar-refractivity contribution in [3.05, 3.63) is 99.6 Å². The fourth-order valence-corrected chi connectivity index (χ4v) is 3.64.